The molecule has 2 heteroatoms. The van der Waals surface area contributed by atoms with Crippen molar-refractivity contribution in [2.75, 3.05) is 0 Å². The first-order valence-corrected chi connectivity index (χ1v) is 6.37. The van der Waals surface area contributed by atoms with Gasteiger partial charge >= 0.3 is 0 Å². The molecular weight excluding hydrogens is 230 g/mol. The summed E-state index contributed by atoms with van der Waals surface area (Å²) >= 11 is 6.43. The maximum absolute atomic E-state index is 6.43. The van der Waals surface area contributed by atoms with Crippen LogP contribution in [-0.2, 0) is 6.42 Å². The third kappa shape index (κ3) is 2.98. The normalized spacial score (nSPS) is 16.5. The number of halogens is 1. The van der Waals surface area contributed by atoms with Crippen molar-refractivity contribution in [1.29, 1.82) is 0 Å². The van der Waals surface area contributed by atoms with Crippen LogP contribution in [0.3, 0.4) is 0 Å². The Labute approximate surface area is 108 Å². The molecule has 1 aromatic carbocycles. The maximum atomic E-state index is 6.43. The fourth-order valence-corrected chi connectivity index (χ4v) is 2.22. The van der Waals surface area contributed by atoms with Crippen LogP contribution in [0.2, 0.25) is 0 Å². The molecule has 0 aromatic heterocycles. The fourth-order valence-electron chi connectivity index (χ4n) is 1.90. The van der Waals surface area contributed by atoms with Crippen molar-refractivity contribution in [2.45, 2.75) is 39.2 Å². The molecule has 90 valence electrons. The monoisotopic (exact) mass is 247 g/mol. The Balaban J connectivity index is 2.35. The van der Waals surface area contributed by atoms with Gasteiger partial charge in [0.15, 0.2) is 0 Å². The van der Waals surface area contributed by atoms with Crippen molar-refractivity contribution < 1.29 is 0 Å². The lowest BCUT2D eigenvalue weighted by atomic mass is 9.92. The molecule has 1 aromatic rings. The van der Waals surface area contributed by atoms with Gasteiger partial charge in [-0.1, -0.05) is 35.9 Å². The highest BCUT2D eigenvalue weighted by atomic mass is 35.5. The smallest absolute Gasteiger partial charge is 0.0528 e. The second kappa shape index (κ2) is 4.66. The van der Waals surface area contributed by atoms with Crippen molar-refractivity contribution in [3.8, 4) is 0 Å². The number of hydrogen-bond donors (Lipinski definition) is 0. The number of allylic oxidation sites excluding steroid dienone is 1. The van der Waals surface area contributed by atoms with E-state index >= 15 is 0 Å². The third-order valence-electron chi connectivity index (χ3n) is 2.81. The summed E-state index contributed by atoms with van der Waals surface area (Å²) in [5, 5.41) is 0.861. The quantitative estimate of drug-likeness (QED) is 0.650. The predicted molar refractivity (Wildman–Crippen MR) is 75.8 cm³/mol. The van der Waals surface area contributed by atoms with Crippen molar-refractivity contribution >= 4 is 22.8 Å². The summed E-state index contributed by atoms with van der Waals surface area (Å²) in [5.74, 6) is 0. The zero-order chi connectivity index (χ0) is 12.5. The van der Waals surface area contributed by atoms with Gasteiger partial charge in [0.1, 0.15) is 0 Å². The van der Waals surface area contributed by atoms with Gasteiger partial charge < -0.3 is 0 Å². The molecular formula is C15H18ClN. The number of fused-ring (bicyclic) bond motifs is 1. The second-order valence-corrected chi connectivity index (χ2v) is 5.80. The molecule has 2 rings (SSSR count). The van der Waals surface area contributed by atoms with Crippen molar-refractivity contribution in [2.24, 2.45) is 4.99 Å². The van der Waals surface area contributed by atoms with E-state index in [1.54, 1.807) is 0 Å². The van der Waals surface area contributed by atoms with Crippen LogP contribution in [-0.4, -0.2) is 11.8 Å². The Kier molecular flexibility index (Phi) is 3.39. The van der Waals surface area contributed by atoms with Gasteiger partial charge in [0.2, 0.25) is 0 Å². The fraction of sp³-hybridized carbons (Fsp3) is 0.400. The molecule has 0 saturated carbocycles. The van der Waals surface area contributed by atoms with Crippen molar-refractivity contribution in [1.82, 2.24) is 0 Å². The Morgan fingerprint density at radius 1 is 1.18 bits per heavy atom. The number of hydrogen-bond acceptors (Lipinski definition) is 1. The minimum atomic E-state index is -0.0405. The number of nitrogens with zero attached hydrogens (tertiary/aromatic N) is 1. The maximum Gasteiger partial charge on any atom is 0.0528 e. The predicted octanol–water partition coefficient (Wildman–Crippen LogP) is 4.45. The van der Waals surface area contributed by atoms with Crippen LogP contribution in [0.5, 0.6) is 0 Å². The molecule has 0 aliphatic heterocycles. The largest absolute Gasteiger partial charge is 0.287 e. The van der Waals surface area contributed by atoms with Gasteiger partial charge in [-0.3, -0.25) is 4.99 Å². The molecule has 0 saturated heterocycles. The summed E-state index contributed by atoms with van der Waals surface area (Å²) in [7, 11) is 0. The Morgan fingerprint density at radius 2 is 1.88 bits per heavy atom. The molecule has 0 amide bonds. The van der Waals surface area contributed by atoms with Gasteiger partial charge in [-0.05, 0) is 50.3 Å². The SMILES string of the molecule is CC(C)(C)N=CC1=C(Cl)c2ccccc2CC1. The Hall–Kier alpha value is -1.08. The van der Waals surface area contributed by atoms with E-state index in [-0.39, 0.29) is 5.54 Å². The standard InChI is InChI=1S/C15H18ClN/c1-15(2,3)17-10-12-9-8-11-6-4-5-7-13(11)14(12)16/h4-7,10H,8-9H2,1-3H3. The van der Waals surface area contributed by atoms with Gasteiger partial charge in [0.25, 0.3) is 0 Å². The topological polar surface area (TPSA) is 12.4 Å². The highest BCUT2D eigenvalue weighted by Gasteiger charge is 2.16. The minimum absolute atomic E-state index is 0.0405. The summed E-state index contributed by atoms with van der Waals surface area (Å²) in [6.07, 6.45) is 3.98. The van der Waals surface area contributed by atoms with E-state index in [1.807, 2.05) is 12.3 Å². The van der Waals surface area contributed by atoms with Crippen LogP contribution in [0.15, 0.2) is 34.8 Å². The van der Waals surface area contributed by atoms with Crippen LogP contribution in [0.25, 0.3) is 5.03 Å². The molecule has 17 heavy (non-hydrogen) atoms. The number of aryl methyl sites for hydroxylation is 1. The first-order valence-electron chi connectivity index (χ1n) is 5.99. The molecule has 0 spiro atoms. The summed E-state index contributed by atoms with van der Waals surface area (Å²) in [4.78, 5) is 4.54. The molecule has 0 radical (unpaired) electrons. The second-order valence-electron chi connectivity index (χ2n) is 5.43. The van der Waals surface area contributed by atoms with Crippen molar-refractivity contribution in [3.63, 3.8) is 0 Å². The minimum Gasteiger partial charge on any atom is -0.287 e. The molecule has 1 nitrogen and oxygen atoms in total. The molecule has 0 fully saturated rings. The Bertz CT molecular complexity index is 478. The highest BCUT2D eigenvalue weighted by molar-refractivity contribution is 6.50. The average Bonchev–Trinajstić information content (AvgIpc) is 2.27. The lowest BCUT2D eigenvalue weighted by molar-refractivity contribution is 0.586. The summed E-state index contributed by atoms with van der Waals surface area (Å²) < 4.78 is 0. The highest BCUT2D eigenvalue weighted by Crippen LogP contribution is 2.33. The average molecular weight is 248 g/mol. The zero-order valence-corrected chi connectivity index (χ0v) is 11.4. The number of aliphatic imine (C=N–C) groups is 1. The van der Waals surface area contributed by atoms with E-state index in [2.05, 4.69) is 44.0 Å². The van der Waals surface area contributed by atoms with Crippen LogP contribution < -0.4 is 0 Å². The molecule has 0 N–H and O–H groups in total. The lowest BCUT2D eigenvalue weighted by Crippen LogP contribution is -2.11. The van der Waals surface area contributed by atoms with E-state index in [1.165, 1.54) is 5.56 Å². The molecule has 0 bridgehead atoms. The number of benzene rings is 1. The molecule has 0 atom stereocenters. The first-order chi connectivity index (χ1) is 7.97. The van der Waals surface area contributed by atoms with Crippen LogP contribution in [0, 0.1) is 0 Å². The number of rotatable bonds is 1. The van der Waals surface area contributed by atoms with E-state index in [0.29, 0.717) is 0 Å². The third-order valence-corrected chi connectivity index (χ3v) is 3.25. The van der Waals surface area contributed by atoms with Gasteiger partial charge in [-0.25, -0.2) is 0 Å². The van der Waals surface area contributed by atoms with E-state index in [9.17, 15) is 0 Å². The van der Waals surface area contributed by atoms with Gasteiger partial charge in [-0.15, -0.1) is 0 Å². The summed E-state index contributed by atoms with van der Waals surface area (Å²) in [6.45, 7) is 6.28. The van der Waals surface area contributed by atoms with Gasteiger partial charge in [0.05, 0.1) is 10.6 Å². The molecule has 1 aliphatic rings. The van der Waals surface area contributed by atoms with Gasteiger partial charge in [-0.2, -0.15) is 0 Å². The van der Waals surface area contributed by atoms with E-state index in [4.69, 9.17) is 11.6 Å². The Morgan fingerprint density at radius 3 is 2.59 bits per heavy atom. The van der Waals surface area contributed by atoms with E-state index in [0.717, 1.165) is 29.0 Å². The van der Waals surface area contributed by atoms with Crippen molar-refractivity contribution in [3.05, 3.63) is 41.0 Å². The zero-order valence-electron chi connectivity index (χ0n) is 10.6. The molecule has 0 unspecified atom stereocenters. The van der Waals surface area contributed by atoms with Crippen LogP contribution in [0.4, 0.5) is 0 Å². The lowest BCUT2D eigenvalue weighted by Gasteiger charge is -2.18. The molecule has 1 aliphatic carbocycles. The van der Waals surface area contributed by atoms with Crippen LogP contribution in [0.1, 0.15) is 38.3 Å². The summed E-state index contributed by atoms with van der Waals surface area (Å²) in [5.41, 5.74) is 3.61. The van der Waals surface area contributed by atoms with Gasteiger partial charge in [0, 0.05) is 6.21 Å². The first kappa shape index (κ1) is 12.4. The van der Waals surface area contributed by atoms with Crippen LogP contribution >= 0.6 is 11.6 Å². The summed E-state index contributed by atoms with van der Waals surface area (Å²) in [6, 6.07) is 8.33. The molecule has 0 heterocycles. The van der Waals surface area contributed by atoms with E-state index < -0.39 is 0 Å².